The number of aryl methyl sites for hydroxylation is 1. The van der Waals surface area contributed by atoms with Crippen LogP contribution in [0.4, 0.5) is 0 Å². The average Bonchev–Trinajstić information content (AvgIpc) is 2.86. The molecule has 1 aromatic heterocycles. The summed E-state index contributed by atoms with van der Waals surface area (Å²) in [5.41, 5.74) is 4.54. The Morgan fingerprint density at radius 2 is 1.90 bits per heavy atom. The van der Waals surface area contributed by atoms with Crippen LogP contribution in [0.1, 0.15) is 22.8 Å². The van der Waals surface area contributed by atoms with E-state index < -0.39 is 0 Å². The van der Waals surface area contributed by atoms with Gasteiger partial charge in [-0.05, 0) is 32.0 Å². The zero-order valence-electron chi connectivity index (χ0n) is 12.4. The highest BCUT2D eigenvalue weighted by molar-refractivity contribution is 6.12. The van der Waals surface area contributed by atoms with Gasteiger partial charge in [0.05, 0.1) is 18.4 Å². The second kappa shape index (κ2) is 5.09. The minimum absolute atomic E-state index is 0.0472. The molecule has 0 fully saturated rings. The molecule has 3 rings (SSSR count). The molecule has 0 bridgehead atoms. The first-order valence-corrected chi connectivity index (χ1v) is 6.88. The van der Waals surface area contributed by atoms with Gasteiger partial charge in [0.15, 0.2) is 5.78 Å². The van der Waals surface area contributed by atoms with E-state index in [0.29, 0.717) is 0 Å². The number of carbonyl (C=O) groups is 1. The van der Waals surface area contributed by atoms with Crippen molar-refractivity contribution in [1.82, 2.24) is 4.98 Å². The van der Waals surface area contributed by atoms with E-state index in [1.54, 1.807) is 14.0 Å². The van der Waals surface area contributed by atoms with Gasteiger partial charge < -0.3 is 9.72 Å². The van der Waals surface area contributed by atoms with Crippen molar-refractivity contribution >= 4 is 16.7 Å². The molecule has 0 atom stereocenters. The Hall–Kier alpha value is -2.55. The number of ether oxygens (including phenoxy) is 1. The van der Waals surface area contributed by atoms with Crippen molar-refractivity contribution in [2.75, 3.05) is 7.11 Å². The number of hydrogen-bond donors (Lipinski definition) is 1. The molecule has 1 heterocycles. The van der Waals surface area contributed by atoms with E-state index in [1.807, 2.05) is 49.4 Å². The van der Waals surface area contributed by atoms with Crippen molar-refractivity contribution in [3.05, 3.63) is 53.6 Å². The third kappa shape index (κ3) is 2.21. The van der Waals surface area contributed by atoms with Gasteiger partial charge in [-0.25, -0.2) is 0 Å². The smallest absolute Gasteiger partial charge is 0.162 e. The molecule has 0 aliphatic carbocycles. The molecule has 21 heavy (non-hydrogen) atoms. The number of rotatable bonds is 3. The van der Waals surface area contributed by atoms with Gasteiger partial charge in [-0.2, -0.15) is 0 Å². The Morgan fingerprint density at radius 3 is 2.62 bits per heavy atom. The molecule has 0 saturated carbocycles. The molecular weight excluding hydrogens is 262 g/mol. The SMILES string of the molecule is COc1ccc(C)cc1-c1[nH]c2ccccc2c1C(C)=O. The zero-order chi connectivity index (χ0) is 15.0. The largest absolute Gasteiger partial charge is 0.496 e. The van der Waals surface area contributed by atoms with Crippen molar-refractivity contribution in [2.24, 2.45) is 0 Å². The number of methoxy groups -OCH3 is 1. The van der Waals surface area contributed by atoms with Crippen molar-refractivity contribution in [1.29, 1.82) is 0 Å². The van der Waals surface area contributed by atoms with Crippen LogP contribution in [0.3, 0.4) is 0 Å². The van der Waals surface area contributed by atoms with E-state index in [9.17, 15) is 4.79 Å². The van der Waals surface area contributed by atoms with Crippen LogP contribution in [0.5, 0.6) is 5.75 Å². The fraction of sp³-hybridized carbons (Fsp3) is 0.167. The Bertz CT molecular complexity index is 830. The minimum Gasteiger partial charge on any atom is -0.496 e. The number of fused-ring (bicyclic) bond motifs is 1. The third-order valence-corrected chi connectivity index (χ3v) is 3.68. The highest BCUT2D eigenvalue weighted by Crippen LogP contribution is 2.36. The van der Waals surface area contributed by atoms with Gasteiger partial charge in [-0.3, -0.25) is 4.79 Å². The van der Waals surface area contributed by atoms with Gasteiger partial charge in [-0.15, -0.1) is 0 Å². The van der Waals surface area contributed by atoms with E-state index in [4.69, 9.17) is 4.74 Å². The summed E-state index contributed by atoms with van der Waals surface area (Å²) in [6.45, 7) is 3.63. The normalized spacial score (nSPS) is 10.8. The number of hydrogen-bond acceptors (Lipinski definition) is 2. The summed E-state index contributed by atoms with van der Waals surface area (Å²) in [5, 5.41) is 0.948. The first-order valence-electron chi connectivity index (χ1n) is 6.88. The van der Waals surface area contributed by atoms with E-state index >= 15 is 0 Å². The van der Waals surface area contributed by atoms with Crippen LogP contribution >= 0.6 is 0 Å². The second-order valence-corrected chi connectivity index (χ2v) is 5.18. The van der Waals surface area contributed by atoms with Crippen LogP contribution in [0.2, 0.25) is 0 Å². The molecule has 0 saturated heterocycles. The van der Waals surface area contributed by atoms with E-state index in [0.717, 1.165) is 39.0 Å². The van der Waals surface area contributed by atoms with Crippen molar-refractivity contribution < 1.29 is 9.53 Å². The maximum Gasteiger partial charge on any atom is 0.162 e. The summed E-state index contributed by atoms with van der Waals surface area (Å²) in [4.78, 5) is 15.5. The van der Waals surface area contributed by atoms with Crippen molar-refractivity contribution in [3.8, 4) is 17.0 Å². The number of H-pyrrole nitrogens is 1. The van der Waals surface area contributed by atoms with Crippen LogP contribution in [-0.2, 0) is 0 Å². The van der Waals surface area contributed by atoms with Gasteiger partial charge in [0.1, 0.15) is 5.75 Å². The van der Waals surface area contributed by atoms with E-state index in [1.165, 1.54) is 0 Å². The lowest BCUT2D eigenvalue weighted by Gasteiger charge is -2.09. The Labute approximate surface area is 123 Å². The molecule has 1 N–H and O–H groups in total. The number of Topliss-reactive ketones (excluding diaryl/α,β-unsaturated/α-hetero) is 1. The highest BCUT2D eigenvalue weighted by Gasteiger charge is 2.19. The predicted molar refractivity (Wildman–Crippen MR) is 85.0 cm³/mol. The highest BCUT2D eigenvalue weighted by atomic mass is 16.5. The minimum atomic E-state index is 0.0472. The molecule has 0 aliphatic rings. The first kappa shape index (κ1) is 13.4. The Morgan fingerprint density at radius 1 is 1.14 bits per heavy atom. The molecule has 0 amide bonds. The van der Waals surface area contributed by atoms with Gasteiger partial charge >= 0.3 is 0 Å². The third-order valence-electron chi connectivity index (χ3n) is 3.68. The molecule has 3 aromatic rings. The molecule has 0 spiro atoms. The number of carbonyl (C=O) groups excluding carboxylic acids is 1. The molecule has 3 nitrogen and oxygen atoms in total. The molecule has 0 unspecified atom stereocenters. The zero-order valence-corrected chi connectivity index (χ0v) is 12.4. The van der Waals surface area contributed by atoms with E-state index in [2.05, 4.69) is 4.98 Å². The number of benzene rings is 2. The lowest BCUT2D eigenvalue weighted by Crippen LogP contribution is -1.96. The fourth-order valence-corrected chi connectivity index (χ4v) is 2.73. The second-order valence-electron chi connectivity index (χ2n) is 5.18. The van der Waals surface area contributed by atoms with Crippen LogP contribution in [0.15, 0.2) is 42.5 Å². The molecule has 106 valence electrons. The van der Waals surface area contributed by atoms with Gasteiger partial charge in [0, 0.05) is 16.5 Å². The number of ketones is 1. The maximum absolute atomic E-state index is 12.1. The Kier molecular flexibility index (Phi) is 3.26. The van der Waals surface area contributed by atoms with Crippen LogP contribution < -0.4 is 4.74 Å². The molecule has 2 aromatic carbocycles. The van der Waals surface area contributed by atoms with Gasteiger partial charge in [0.25, 0.3) is 0 Å². The maximum atomic E-state index is 12.1. The summed E-state index contributed by atoms with van der Waals surface area (Å²) in [6, 6.07) is 13.8. The van der Waals surface area contributed by atoms with Crippen LogP contribution in [0.25, 0.3) is 22.2 Å². The fourth-order valence-electron chi connectivity index (χ4n) is 2.73. The average molecular weight is 279 g/mol. The lowest BCUT2D eigenvalue weighted by atomic mass is 10.0. The van der Waals surface area contributed by atoms with Crippen LogP contribution in [-0.4, -0.2) is 17.9 Å². The van der Waals surface area contributed by atoms with Crippen molar-refractivity contribution in [3.63, 3.8) is 0 Å². The monoisotopic (exact) mass is 279 g/mol. The summed E-state index contributed by atoms with van der Waals surface area (Å²) < 4.78 is 5.45. The standard InChI is InChI=1S/C18H17NO2/c1-11-8-9-16(21-3)14(10-11)18-17(12(2)20)13-6-4-5-7-15(13)19-18/h4-10,19H,1-3H3. The van der Waals surface area contributed by atoms with Crippen molar-refractivity contribution in [2.45, 2.75) is 13.8 Å². The van der Waals surface area contributed by atoms with Crippen LogP contribution in [0, 0.1) is 6.92 Å². The summed E-state index contributed by atoms with van der Waals surface area (Å²) >= 11 is 0. The summed E-state index contributed by atoms with van der Waals surface area (Å²) in [7, 11) is 1.64. The first-order chi connectivity index (χ1) is 10.1. The molecule has 0 aliphatic heterocycles. The molecular formula is C18H17NO2. The summed E-state index contributed by atoms with van der Waals surface area (Å²) in [5.74, 6) is 0.806. The predicted octanol–water partition coefficient (Wildman–Crippen LogP) is 4.35. The van der Waals surface area contributed by atoms with Gasteiger partial charge in [-0.1, -0.05) is 29.8 Å². The molecule has 3 heteroatoms. The van der Waals surface area contributed by atoms with E-state index in [-0.39, 0.29) is 5.78 Å². The number of aromatic amines is 1. The topological polar surface area (TPSA) is 42.1 Å². The summed E-state index contributed by atoms with van der Waals surface area (Å²) in [6.07, 6.45) is 0. The molecule has 0 radical (unpaired) electrons. The quantitative estimate of drug-likeness (QED) is 0.724. The van der Waals surface area contributed by atoms with Gasteiger partial charge in [0.2, 0.25) is 0 Å². The number of para-hydroxylation sites is 1. The Balaban J connectivity index is 2.37. The number of nitrogens with one attached hydrogen (secondary N) is 1. The lowest BCUT2D eigenvalue weighted by molar-refractivity contribution is 0.102. The number of aromatic nitrogens is 1.